The van der Waals surface area contributed by atoms with E-state index in [0.29, 0.717) is 19.2 Å². The molecule has 0 aliphatic carbocycles. The molecular weight excluding hydrogens is 386 g/mol. The zero-order valence-corrected chi connectivity index (χ0v) is 14.9. The number of rotatable bonds is 5. The molecule has 0 saturated carbocycles. The van der Waals surface area contributed by atoms with Gasteiger partial charge in [-0.3, -0.25) is 4.90 Å². The smallest absolute Gasteiger partial charge is 0.133 e. The Bertz CT molecular complexity index is 442. The van der Waals surface area contributed by atoms with E-state index < -0.39 is 6.10 Å². The number of aliphatic hydroxyl groups is 1. The third-order valence-corrected chi connectivity index (χ3v) is 4.82. The van der Waals surface area contributed by atoms with E-state index in [1.807, 2.05) is 18.2 Å². The fourth-order valence-corrected chi connectivity index (χ4v) is 3.69. The molecule has 1 fully saturated rings. The highest BCUT2D eigenvalue weighted by Gasteiger charge is 2.21. The molecule has 3 nitrogen and oxygen atoms in total. The predicted octanol–water partition coefficient (Wildman–Crippen LogP) is 3.83. The van der Waals surface area contributed by atoms with E-state index in [0.717, 1.165) is 21.2 Å². The minimum atomic E-state index is -0.453. The predicted molar refractivity (Wildman–Crippen MR) is 88.2 cm³/mol. The number of likely N-dealkylation sites (tertiary alicyclic amines) is 1. The Morgan fingerprint density at radius 3 is 2.90 bits per heavy atom. The number of benzene rings is 1. The van der Waals surface area contributed by atoms with Crippen LogP contribution in [0, 0.1) is 0 Å². The maximum absolute atomic E-state index is 10.1. The summed E-state index contributed by atoms with van der Waals surface area (Å²) < 4.78 is 7.58. The Balaban J connectivity index is 1.81. The highest BCUT2D eigenvalue weighted by atomic mass is 79.9. The molecule has 112 valence electrons. The van der Waals surface area contributed by atoms with E-state index >= 15 is 0 Å². The lowest BCUT2D eigenvalue weighted by molar-refractivity contribution is 0.0436. The molecule has 0 aromatic heterocycles. The molecule has 0 unspecified atom stereocenters. The van der Waals surface area contributed by atoms with Crippen LogP contribution >= 0.6 is 31.9 Å². The molecule has 20 heavy (non-hydrogen) atoms. The zero-order chi connectivity index (χ0) is 14.5. The highest BCUT2D eigenvalue weighted by molar-refractivity contribution is 9.11. The van der Waals surface area contributed by atoms with Gasteiger partial charge in [-0.2, -0.15) is 0 Å². The largest absolute Gasteiger partial charge is 0.490 e. The van der Waals surface area contributed by atoms with Gasteiger partial charge in [0.25, 0.3) is 0 Å². The third-order valence-electron chi connectivity index (χ3n) is 3.71. The molecule has 1 aromatic carbocycles. The second-order valence-corrected chi connectivity index (χ2v) is 7.15. The zero-order valence-electron chi connectivity index (χ0n) is 11.7. The molecule has 1 N–H and O–H groups in total. The maximum atomic E-state index is 10.1. The summed E-state index contributed by atoms with van der Waals surface area (Å²) in [5.74, 6) is 0.763. The van der Waals surface area contributed by atoms with Crippen LogP contribution in [-0.2, 0) is 0 Å². The molecule has 1 aliphatic rings. The van der Waals surface area contributed by atoms with Crippen LogP contribution in [0.2, 0.25) is 0 Å². The van der Waals surface area contributed by atoms with Crippen LogP contribution in [0.15, 0.2) is 27.1 Å². The second-order valence-electron chi connectivity index (χ2n) is 5.38. The standard InChI is InChI=1S/C15H21Br2NO2/c1-11-4-2-3-7-18(11)9-13(19)10-20-15-6-5-12(16)8-14(15)17/h5-6,8,11,13,19H,2-4,7,9-10H2,1H3/t11-,13-/m1/s1. The lowest BCUT2D eigenvalue weighted by atomic mass is 10.0. The van der Waals surface area contributed by atoms with Crippen LogP contribution in [0.4, 0.5) is 0 Å². The highest BCUT2D eigenvalue weighted by Crippen LogP contribution is 2.28. The van der Waals surface area contributed by atoms with Gasteiger partial charge in [0.2, 0.25) is 0 Å². The van der Waals surface area contributed by atoms with Crippen LogP contribution < -0.4 is 4.74 Å². The molecule has 1 heterocycles. The molecule has 5 heteroatoms. The van der Waals surface area contributed by atoms with Gasteiger partial charge >= 0.3 is 0 Å². The van der Waals surface area contributed by atoms with Crippen molar-refractivity contribution in [2.24, 2.45) is 0 Å². The minimum absolute atomic E-state index is 0.323. The summed E-state index contributed by atoms with van der Waals surface area (Å²) in [6.45, 7) is 4.33. The van der Waals surface area contributed by atoms with Gasteiger partial charge in [-0.05, 0) is 60.4 Å². The molecule has 0 radical (unpaired) electrons. The first-order valence-corrected chi connectivity index (χ1v) is 8.65. The summed E-state index contributed by atoms with van der Waals surface area (Å²) in [7, 11) is 0. The summed E-state index contributed by atoms with van der Waals surface area (Å²) in [5.41, 5.74) is 0. The molecular formula is C15H21Br2NO2. The van der Waals surface area contributed by atoms with Gasteiger partial charge in [-0.15, -0.1) is 0 Å². The number of hydrogen-bond donors (Lipinski definition) is 1. The molecule has 0 bridgehead atoms. The van der Waals surface area contributed by atoms with Crippen molar-refractivity contribution in [3.8, 4) is 5.75 Å². The Kier molecular flexibility index (Phi) is 6.33. The van der Waals surface area contributed by atoms with E-state index in [1.165, 1.54) is 19.3 Å². The molecule has 1 aromatic rings. The van der Waals surface area contributed by atoms with Gasteiger partial charge in [-0.25, -0.2) is 0 Å². The monoisotopic (exact) mass is 405 g/mol. The van der Waals surface area contributed by atoms with E-state index in [4.69, 9.17) is 4.74 Å². The van der Waals surface area contributed by atoms with Crippen molar-refractivity contribution in [3.63, 3.8) is 0 Å². The van der Waals surface area contributed by atoms with Crippen LogP contribution in [0.3, 0.4) is 0 Å². The maximum Gasteiger partial charge on any atom is 0.133 e. The molecule has 1 aliphatic heterocycles. The van der Waals surface area contributed by atoms with Crippen LogP contribution in [0.25, 0.3) is 0 Å². The van der Waals surface area contributed by atoms with E-state index in [-0.39, 0.29) is 0 Å². The molecule has 0 spiro atoms. The summed E-state index contributed by atoms with van der Waals surface area (Å²) in [4.78, 5) is 2.36. The SMILES string of the molecule is C[C@@H]1CCCCN1C[C@@H](O)COc1ccc(Br)cc1Br. The van der Waals surface area contributed by atoms with Crippen molar-refractivity contribution in [1.82, 2.24) is 4.90 Å². The Morgan fingerprint density at radius 2 is 2.20 bits per heavy atom. The number of β-amino-alcohol motifs (C(OH)–C–C–N with tert-alkyl or cyclic N) is 1. The molecule has 0 amide bonds. The van der Waals surface area contributed by atoms with Crippen LogP contribution in [-0.4, -0.2) is 41.8 Å². The lowest BCUT2D eigenvalue weighted by Gasteiger charge is -2.34. The summed E-state index contributed by atoms with van der Waals surface area (Å²) in [6.07, 6.45) is 3.31. The fraction of sp³-hybridized carbons (Fsp3) is 0.600. The van der Waals surface area contributed by atoms with Gasteiger partial charge in [0.15, 0.2) is 0 Å². The number of aliphatic hydroxyl groups excluding tert-OH is 1. The second kappa shape index (κ2) is 7.78. The molecule has 1 saturated heterocycles. The van der Waals surface area contributed by atoms with Crippen LogP contribution in [0.1, 0.15) is 26.2 Å². The summed E-state index contributed by atoms with van der Waals surface area (Å²) >= 11 is 6.87. The van der Waals surface area contributed by atoms with Gasteiger partial charge in [0.1, 0.15) is 18.5 Å². The summed E-state index contributed by atoms with van der Waals surface area (Å²) in [5, 5.41) is 10.1. The average Bonchev–Trinajstić information content (AvgIpc) is 2.40. The quantitative estimate of drug-likeness (QED) is 0.806. The van der Waals surface area contributed by atoms with E-state index in [9.17, 15) is 5.11 Å². The van der Waals surface area contributed by atoms with Crippen molar-refractivity contribution in [2.75, 3.05) is 19.7 Å². The van der Waals surface area contributed by atoms with Gasteiger partial charge < -0.3 is 9.84 Å². The number of ether oxygens (including phenoxy) is 1. The average molecular weight is 407 g/mol. The number of hydrogen-bond acceptors (Lipinski definition) is 3. The normalized spacial score (nSPS) is 21.7. The van der Waals surface area contributed by atoms with E-state index in [1.54, 1.807) is 0 Å². The van der Waals surface area contributed by atoms with Crippen LogP contribution in [0.5, 0.6) is 5.75 Å². The number of nitrogens with zero attached hydrogens (tertiary/aromatic N) is 1. The first kappa shape index (κ1) is 16.3. The first-order chi connectivity index (χ1) is 9.56. The first-order valence-electron chi connectivity index (χ1n) is 7.06. The Morgan fingerprint density at radius 1 is 1.40 bits per heavy atom. The minimum Gasteiger partial charge on any atom is -0.490 e. The van der Waals surface area contributed by atoms with Crippen molar-refractivity contribution in [2.45, 2.75) is 38.3 Å². The third kappa shape index (κ3) is 4.72. The van der Waals surface area contributed by atoms with E-state index in [2.05, 4.69) is 43.7 Å². The fourth-order valence-electron chi connectivity index (χ4n) is 2.53. The Hall–Kier alpha value is -0.100. The van der Waals surface area contributed by atoms with Gasteiger partial charge in [-0.1, -0.05) is 22.4 Å². The topological polar surface area (TPSA) is 32.7 Å². The lowest BCUT2D eigenvalue weighted by Crippen LogP contribution is -2.43. The molecule has 2 atom stereocenters. The van der Waals surface area contributed by atoms with Crippen molar-refractivity contribution < 1.29 is 9.84 Å². The number of halogens is 2. The molecule has 2 rings (SSSR count). The van der Waals surface area contributed by atoms with Crippen molar-refractivity contribution in [1.29, 1.82) is 0 Å². The van der Waals surface area contributed by atoms with Crippen molar-refractivity contribution >= 4 is 31.9 Å². The number of piperidine rings is 1. The van der Waals surface area contributed by atoms with Gasteiger partial charge in [0, 0.05) is 17.1 Å². The Labute approximate surface area is 137 Å². The van der Waals surface area contributed by atoms with Gasteiger partial charge in [0.05, 0.1) is 4.47 Å². The summed E-state index contributed by atoms with van der Waals surface area (Å²) in [6, 6.07) is 6.33. The van der Waals surface area contributed by atoms with Crippen molar-refractivity contribution in [3.05, 3.63) is 27.1 Å².